The molecule has 0 saturated heterocycles. The lowest BCUT2D eigenvalue weighted by molar-refractivity contribution is 0.465. The van der Waals surface area contributed by atoms with E-state index in [0.29, 0.717) is 6.42 Å². The first-order valence-corrected chi connectivity index (χ1v) is 5.97. The van der Waals surface area contributed by atoms with E-state index in [0.717, 1.165) is 17.9 Å². The van der Waals surface area contributed by atoms with Crippen molar-refractivity contribution in [3.05, 3.63) is 34.6 Å². The van der Waals surface area contributed by atoms with Crippen molar-refractivity contribution >= 4 is 11.6 Å². The first-order valence-electron chi connectivity index (χ1n) is 5.59. The van der Waals surface area contributed by atoms with E-state index in [1.54, 1.807) is 6.07 Å². The van der Waals surface area contributed by atoms with Crippen LogP contribution < -0.4 is 11.3 Å². The molecule has 16 heavy (non-hydrogen) atoms. The van der Waals surface area contributed by atoms with Crippen LogP contribution in [0.1, 0.15) is 24.8 Å². The number of nitrogens with one attached hydrogen (secondary N) is 1. The summed E-state index contributed by atoms with van der Waals surface area (Å²) in [6, 6.07) is 5.09. The third kappa shape index (κ3) is 2.94. The molecule has 1 aromatic carbocycles. The van der Waals surface area contributed by atoms with E-state index in [9.17, 15) is 4.39 Å². The van der Waals surface area contributed by atoms with Gasteiger partial charge in [-0.1, -0.05) is 36.6 Å². The quantitative estimate of drug-likeness (QED) is 0.615. The standard InChI is InChI=1S/C12H16ClFN2/c13-12-9(2-1-3-11(12)14)7-10(16-15)6-8-4-5-8/h1-3,8,10,16H,4-7,15H2. The van der Waals surface area contributed by atoms with E-state index >= 15 is 0 Å². The largest absolute Gasteiger partial charge is 0.271 e. The molecule has 1 aliphatic rings. The Morgan fingerprint density at radius 3 is 2.88 bits per heavy atom. The van der Waals surface area contributed by atoms with Crippen molar-refractivity contribution in [2.75, 3.05) is 0 Å². The Balaban J connectivity index is 2.02. The molecule has 1 atom stereocenters. The second-order valence-corrected chi connectivity index (χ2v) is 4.84. The summed E-state index contributed by atoms with van der Waals surface area (Å²) in [5.41, 5.74) is 3.61. The van der Waals surface area contributed by atoms with Crippen molar-refractivity contribution in [2.24, 2.45) is 11.8 Å². The lowest BCUT2D eigenvalue weighted by Crippen LogP contribution is -2.37. The fourth-order valence-corrected chi connectivity index (χ4v) is 2.14. The summed E-state index contributed by atoms with van der Waals surface area (Å²) < 4.78 is 13.2. The smallest absolute Gasteiger partial charge is 0.142 e. The lowest BCUT2D eigenvalue weighted by Gasteiger charge is -2.16. The molecule has 1 unspecified atom stereocenters. The molecule has 2 nitrogen and oxygen atoms in total. The van der Waals surface area contributed by atoms with E-state index in [-0.39, 0.29) is 16.9 Å². The van der Waals surface area contributed by atoms with Crippen LogP contribution >= 0.6 is 11.6 Å². The topological polar surface area (TPSA) is 38.0 Å². The number of rotatable bonds is 5. The highest BCUT2D eigenvalue weighted by Crippen LogP contribution is 2.34. The van der Waals surface area contributed by atoms with Crippen molar-refractivity contribution in [1.82, 2.24) is 5.43 Å². The Kier molecular flexibility index (Phi) is 3.79. The predicted octanol–water partition coefficient (Wildman–Crippen LogP) is 2.65. The van der Waals surface area contributed by atoms with E-state index in [2.05, 4.69) is 5.43 Å². The highest BCUT2D eigenvalue weighted by molar-refractivity contribution is 6.31. The molecule has 0 bridgehead atoms. The van der Waals surface area contributed by atoms with Gasteiger partial charge in [0.25, 0.3) is 0 Å². The van der Waals surface area contributed by atoms with Crippen LogP contribution in [0, 0.1) is 11.7 Å². The van der Waals surface area contributed by atoms with E-state index in [1.807, 2.05) is 6.07 Å². The molecule has 3 N–H and O–H groups in total. The summed E-state index contributed by atoms with van der Waals surface area (Å²) >= 11 is 5.90. The molecule has 0 spiro atoms. The number of nitrogens with two attached hydrogens (primary N) is 1. The van der Waals surface area contributed by atoms with Gasteiger partial charge in [0.15, 0.2) is 0 Å². The van der Waals surface area contributed by atoms with Gasteiger partial charge in [-0.05, 0) is 30.4 Å². The maximum absolute atomic E-state index is 13.2. The van der Waals surface area contributed by atoms with Gasteiger partial charge < -0.3 is 0 Å². The van der Waals surface area contributed by atoms with Gasteiger partial charge in [0.2, 0.25) is 0 Å². The Hall–Kier alpha value is -0.640. The van der Waals surface area contributed by atoms with Crippen LogP contribution in [-0.2, 0) is 6.42 Å². The van der Waals surface area contributed by atoms with Crippen LogP contribution in [-0.4, -0.2) is 6.04 Å². The fourth-order valence-electron chi connectivity index (χ4n) is 1.94. The monoisotopic (exact) mass is 242 g/mol. The number of hydrogen-bond acceptors (Lipinski definition) is 2. The first-order chi connectivity index (χ1) is 7.70. The molecule has 0 aliphatic heterocycles. The van der Waals surface area contributed by atoms with Gasteiger partial charge in [0.05, 0.1) is 5.02 Å². The number of hydrogen-bond donors (Lipinski definition) is 2. The third-order valence-electron chi connectivity index (χ3n) is 3.05. The van der Waals surface area contributed by atoms with Crippen LogP contribution in [0.4, 0.5) is 4.39 Å². The van der Waals surface area contributed by atoms with Crippen molar-refractivity contribution in [2.45, 2.75) is 31.7 Å². The van der Waals surface area contributed by atoms with E-state index in [1.165, 1.54) is 18.9 Å². The molecule has 0 radical (unpaired) electrons. The SMILES string of the molecule is NNC(Cc1cccc(F)c1Cl)CC1CC1. The molecule has 4 heteroatoms. The van der Waals surface area contributed by atoms with Crippen LogP contribution in [0.25, 0.3) is 0 Å². The molecular formula is C12H16ClFN2. The van der Waals surface area contributed by atoms with Gasteiger partial charge in [-0.3, -0.25) is 11.3 Å². The maximum Gasteiger partial charge on any atom is 0.142 e. The van der Waals surface area contributed by atoms with Crippen molar-refractivity contribution in [3.8, 4) is 0 Å². The minimum absolute atomic E-state index is 0.187. The second-order valence-electron chi connectivity index (χ2n) is 4.46. The maximum atomic E-state index is 13.2. The Morgan fingerprint density at radius 1 is 1.50 bits per heavy atom. The number of hydrazine groups is 1. The van der Waals surface area contributed by atoms with Crippen molar-refractivity contribution < 1.29 is 4.39 Å². The molecule has 1 aliphatic carbocycles. The van der Waals surface area contributed by atoms with Gasteiger partial charge in [0, 0.05) is 6.04 Å². The van der Waals surface area contributed by atoms with Crippen molar-refractivity contribution in [3.63, 3.8) is 0 Å². The van der Waals surface area contributed by atoms with Gasteiger partial charge in [0.1, 0.15) is 5.82 Å². The summed E-state index contributed by atoms with van der Waals surface area (Å²) in [4.78, 5) is 0. The summed E-state index contributed by atoms with van der Waals surface area (Å²) in [5.74, 6) is 5.92. The average Bonchev–Trinajstić information content (AvgIpc) is 3.07. The zero-order chi connectivity index (χ0) is 11.5. The Bertz CT molecular complexity index is 366. The van der Waals surface area contributed by atoms with Gasteiger partial charge >= 0.3 is 0 Å². The molecule has 0 heterocycles. The van der Waals surface area contributed by atoms with Crippen LogP contribution in [0.2, 0.25) is 5.02 Å². The highest BCUT2D eigenvalue weighted by Gasteiger charge is 2.25. The lowest BCUT2D eigenvalue weighted by atomic mass is 10.0. The van der Waals surface area contributed by atoms with Gasteiger partial charge in [-0.15, -0.1) is 0 Å². The first kappa shape index (κ1) is 11.8. The Labute approximate surface area is 99.9 Å². The minimum Gasteiger partial charge on any atom is -0.271 e. The zero-order valence-electron chi connectivity index (χ0n) is 9.05. The fraction of sp³-hybridized carbons (Fsp3) is 0.500. The van der Waals surface area contributed by atoms with Crippen molar-refractivity contribution in [1.29, 1.82) is 0 Å². The molecule has 0 amide bonds. The van der Waals surface area contributed by atoms with Crippen LogP contribution in [0.5, 0.6) is 0 Å². The zero-order valence-corrected chi connectivity index (χ0v) is 9.80. The second kappa shape index (κ2) is 5.13. The minimum atomic E-state index is -0.360. The molecule has 88 valence electrons. The molecule has 1 aromatic rings. The Morgan fingerprint density at radius 2 is 2.25 bits per heavy atom. The summed E-state index contributed by atoms with van der Waals surface area (Å²) in [5, 5.41) is 0.221. The number of benzene rings is 1. The molecule has 1 fully saturated rings. The van der Waals surface area contributed by atoms with Crippen LogP contribution in [0.3, 0.4) is 0 Å². The number of halogens is 2. The third-order valence-corrected chi connectivity index (χ3v) is 3.47. The normalized spacial score (nSPS) is 17.4. The molecular weight excluding hydrogens is 227 g/mol. The average molecular weight is 243 g/mol. The van der Waals surface area contributed by atoms with E-state index < -0.39 is 0 Å². The molecule has 0 aromatic heterocycles. The van der Waals surface area contributed by atoms with Gasteiger partial charge in [-0.2, -0.15) is 0 Å². The molecule has 2 rings (SSSR count). The highest BCUT2D eigenvalue weighted by atomic mass is 35.5. The summed E-state index contributed by atoms with van der Waals surface area (Å²) in [6.45, 7) is 0. The molecule has 1 saturated carbocycles. The van der Waals surface area contributed by atoms with Crippen LogP contribution in [0.15, 0.2) is 18.2 Å². The van der Waals surface area contributed by atoms with Gasteiger partial charge in [-0.25, -0.2) is 4.39 Å². The summed E-state index contributed by atoms with van der Waals surface area (Å²) in [6.07, 6.45) is 4.30. The predicted molar refractivity (Wildman–Crippen MR) is 63.6 cm³/mol. The summed E-state index contributed by atoms with van der Waals surface area (Å²) in [7, 11) is 0. The van der Waals surface area contributed by atoms with E-state index in [4.69, 9.17) is 17.4 Å².